The quantitative estimate of drug-likeness (QED) is 0.753. The van der Waals surface area contributed by atoms with Gasteiger partial charge in [0.1, 0.15) is 5.76 Å². The van der Waals surface area contributed by atoms with E-state index >= 15 is 0 Å². The molecule has 0 bridgehead atoms. The van der Waals surface area contributed by atoms with Gasteiger partial charge in [-0.3, -0.25) is 9.59 Å². The van der Waals surface area contributed by atoms with Gasteiger partial charge in [0.25, 0.3) is 11.5 Å². The SMILES string of the molecule is Cn1ccc(C(=O)NCC[C@H](c2ccccc2)c2ccco2)cc1=O. The van der Waals surface area contributed by atoms with Gasteiger partial charge in [0.05, 0.1) is 6.26 Å². The van der Waals surface area contributed by atoms with Crippen molar-refractivity contribution in [2.24, 2.45) is 7.05 Å². The predicted molar refractivity (Wildman–Crippen MR) is 95.6 cm³/mol. The molecule has 2 aromatic heterocycles. The van der Waals surface area contributed by atoms with E-state index in [0.717, 1.165) is 11.3 Å². The molecule has 25 heavy (non-hydrogen) atoms. The van der Waals surface area contributed by atoms with E-state index in [9.17, 15) is 9.59 Å². The Hall–Kier alpha value is -3.08. The second-order valence-electron chi connectivity index (χ2n) is 5.89. The number of aryl methyl sites for hydroxylation is 1. The average Bonchev–Trinajstić information content (AvgIpc) is 3.16. The monoisotopic (exact) mass is 336 g/mol. The Balaban J connectivity index is 1.66. The Morgan fingerprint density at radius 2 is 1.96 bits per heavy atom. The highest BCUT2D eigenvalue weighted by Gasteiger charge is 2.17. The van der Waals surface area contributed by atoms with E-state index in [2.05, 4.69) is 17.4 Å². The first-order valence-electron chi connectivity index (χ1n) is 8.18. The zero-order chi connectivity index (χ0) is 17.6. The van der Waals surface area contributed by atoms with E-state index in [0.29, 0.717) is 18.5 Å². The van der Waals surface area contributed by atoms with Crippen LogP contribution in [0.15, 0.2) is 76.3 Å². The molecule has 3 aromatic rings. The molecule has 1 amide bonds. The first kappa shape index (κ1) is 16.8. The lowest BCUT2D eigenvalue weighted by atomic mass is 9.93. The third-order valence-corrected chi connectivity index (χ3v) is 4.17. The minimum Gasteiger partial charge on any atom is -0.469 e. The van der Waals surface area contributed by atoms with Crippen LogP contribution in [-0.4, -0.2) is 17.0 Å². The zero-order valence-electron chi connectivity index (χ0n) is 14.0. The Morgan fingerprint density at radius 1 is 1.16 bits per heavy atom. The number of aromatic nitrogens is 1. The summed E-state index contributed by atoms with van der Waals surface area (Å²) in [6.07, 6.45) is 3.95. The maximum Gasteiger partial charge on any atom is 0.251 e. The van der Waals surface area contributed by atoms with Crippen molar-refractivity contribution in [3.05, 3.63) is 94.3 Å². The van der Waals surface area contributed by atoms with Crippen LogP contribution in [0.3, 0.4) is 0 Å². The Morgan fingerprint density at radius 3 is 2.64 bits per heavy atom. The summed E-state index contributed by atoms with van der Waals surface area (Å²) in [5.74, 6) is 0.693. The van der Waals surface area contributed by atoms with E-state index < -0.39 is 0 Å². The molecule has 0 aliphatic carbocycles. The van der Waals surface area contributed by atoms with E-state index in [1.54, 1.807) is 25.6 Å². The van der Waals surface area contributed by atoms with Crippen LogP contribution in [0.1, 0.15) is 34.0 Å². The number of pyridine rings is 1. The predicted octanol–water partition coefficient (Wildman–Crippen LogP) is 2.93. The average molecular weight is 336 g/mol. The lowest BCUT2D eigenvalue weighted by Gasteiger charge is -2.15. The molecule has 0 aliphatic heterocycles. The number of furan rings is 1. The summed E-state index contributed by atoms with van der Waals surface area (Å²) in [4.78, 5) is 23.9. The lowest BCUT2D eigenvalue weighted by molar-refractivity contribution is 0.0952. The molecule has 0 unspecified atom stereocenters. The summed E-state index contributed by atoms with van der Waals surface area (Å²) in [7, 11) is 1.65. The number of hydrogen-bond acceptors (Lipinski definition) is 3. The van der Waals surface area contributed by atoms with Crippen LogP contribution in [0.5, 0.6) is 0 Å². The summed E-state index contributed by atoms with van der Waals surface area (Å²) in [6, 6.07) is 16.8. The number of nitrogens with zero attached hydrogens (tertiary/aromatic N) is 1. The third-order valence-electron chi connectivity index (χ3n) is 4.17. The number of amides is 1. The van der Waals surface area contributed by atoms with Gasteiger partial charge in [-0.05, 0) is 30.2 Å². The van der Waals surface area contributed by atoms with Crippen LogP contribution in [0.25, 0.3) is 0 Å². The molecule has 0 saturated carbocycles. The van der Waals surface area contributed by atoms with Crippen molar-refractivity contribution in [1.29, 1.82) is 0 Å². The molecule has 0 aliphatic rings. The summed E-state index contributed by atoms with van der Waals surface area (Å²) < 4.78 is 6.99. The topological polar surface area (TPSA) is 64.2 Å². The number of carbonyl (C=O) groups excluding carboxylic acids is 1. The first-order valence-corrected chi connectivity index (χ1v) is 8.18. The lowest BCUT2D eigenvalue weighted by Crippen LogP contribution is -2.27. The normalized spacial score (nSPS) is 11.9. The molecule has 1 N–H and O–H groups in total. The van der Waals surface area contributed by atoms with Gasteiger partial charge < -0.3 is 14.3 Å². The molecule has 3 rings (SSSR count). The molecular formula is C20H20N2O3. The van der Waals surface area contributed by atoms with E-state index in [4.69, 9.17) is 4.42 Å². The Labute approximate surface area is 145 Å². The zero-order valence-corrected chi connectivity index (χ0v) is 14.0. The fraction of sp³-hybridized carbons (Fsp3) is 0.200. The molecule has 0 radical (unpaired) electrons. The van der Waals surface area contributed by atoms with Crippen LogP contribution < -0.4 is 10.9 Å². The van der Waals surface area contributed by atoms with Gasteiger partial charge in [0.2, 0.25) is 0 Å². The molecule has 1 aromatic carbocycles. The molecule has 2 heterocycles. The van der Waals surface area contributed by atoms with Crippen LogP contribution in [0, 0.1) is 0 Å². The summed E-state index contributed by atoms with van der Waals surface area (Å²) in [6.45, 7) is 0.480. The van der Waals surface area contributed by atoms with E-state index in [-0.39, 0.29) is 17.4 Å². The van der Waals surface area contributed by atoms with E-state index in [1.165, 1.54) is 10.6 Å². The second-order valence-corrected chi connectivity index (χ2v) is 5.89. The molecule has 5 nitrogen and oxygen atoms in total. The number of hydrogen-bond donors (Lipinski definition) is 1. The van der Waals surface area contributed by atoms with Crippen molar-refractivity contribution in [3.8, 4) is 0 Å². The molecule has 128 valence electrons. The third kappa shape index (κ3) is 4.07. The minimum absolute atomic E-state index is 0.0696. The smallest absolute Gasteiger partial charge is 0.251 e. The number of carbonyl (C=O) groups is 1. The second kappa shape index (κ2) is 7.66. The number of nitrogens with one attached hydrogen (secondary N) is 1. The molecule has 0 spiro atoms. The summed E-state index contributed by atoms with van der Waals surface area (Å²) in [5.41, 5.74) is 1.31. The van der Waals surface area contributed by atoms with Crippen molar-refractivity contribution in [3.63, 3.8) is 0 Å². The summed E-state index contributed by atoms with van der Waals surface area (Å²) >= 11 is 0. The Bertz CT molecular complexity index is 883. The van der Waals surface area contributed by atoms with Gasteiger partial charge in [-0.15, -0.1) is 0 Å². The fourth-order valence-corrected chi connectivity index (χ4v) is 2.77. The van der Waals surface area contributed by atoms with Gasteiger partial charge in [-0.2, -0.15) is 0 Å². The largest absolute Gasteiger partial charge is 0.469 e. The molecular weight excluding hydrogens is 316 g/mol. The number of benzene rings is 1. The van der Waals surface area contributed by atoms with Gasteiger partial charge in [-0.25, -0.2) is 0 Å². The van der Waals surface area contributed by atoms with Gasteiger partial charge >= 0.3 is 0 Å². The standard InChI is InChI=1S/C20H20N2O3/c1-22-12-10-16(14-19(22)23)20(24)21-11-9-17(18-8-5-13-25-18)15-6-3-2-4-7-15/h2-8,10,12-14,17H,9,11H2,1H3,(H,21,24)/t17-/m1/s1. The van der Waals surface area contributed by atoms with Gasteiger partial charge in [0, 0.05) is 37.3 Å². The number of rotatable bonds is 6. The van der Waals surface area contributed by atoms with Crippen LogP contribution in [-0.2, 0) is 7.05 Å². The van der Waals surface area contributed by atoms with Crippen LogP contribution >= 0.6 is 0 Å². The molecule has 0 saturated heterocycles. The molecule has 0 fully saturated rings. The molecule has 5 heteroatoms. The molecule has 1 atom stereocenters. The highest BCUT2D eigenvalue weighted by atomic mass is 16.3. The maximum atomic E-state index is 12.2. The van der Waals surface area contributed by atoms with Crippen molar-refractivity contribution >= 4 is 5.91 Å². The summed E-state index contributed by atoms with van der Waals surface area (Å²) in [5, 5.41) is 2.88. The highest BCUT2D eigenvalue weighted by Crippen LogP contribution is 2.27. The highest BCUT2D eigenvalue weighted by molar-refractivity contribution is 5.93. The van der Waals surface area contributed by atoms with Crippen LogP contribution in [0.2, 0.25) is 0 Å². The van der Waals surface area contributed by atoms with Crippen molar-refractivity contribution in [2.45, 2.75) is 12.3 Å². The van der Waals surface area contributed by atoms with E-state index in [1.807, 2.05) is 30.3 Å². The van der Waals surface area contributed by atoms with Crippen molar-refractivity contribution in [1.82, 2.24) is 9.88 Å². The first-order chi connectivity index (χ1) is 12.1. The van der Waals surface area contributed by atoms with Crippen LogP contribution in [0.4, 0.5) is 0 Å². The van der Waals surface area contributed by atoms with Crippen molar-refractivity contribution < 1.29 is 9.21 Å². The fourth-order valence-electron chi connectivity index (χ4n) is 2.77. The van der Waals surface area contributed by atoms with Gasteiger partial charge in [0.15, 0.2) is 0 Å². The van der Waals surface area contributed by atoms with Crippen molar-refractivity contribution in [2.75, 3.05) is 6.54 Å². The van der Waals surface area contributed by atoms with Gasteiger partial charge in [-0.1, -0.05) is 30.3 Å². The minimum atomic E-state index is -0.246. The Kier molecular flexibility index (Phi) is 5.14. The maximum absolute atomic E-state index is 12.2.